The summed E-state index contributed by atoms with van der Waals surface area (Å²) in [6, 6.07) is 8.60. The number of anilines is 2. The number of nitrogens with two attached hydrogens (primary N) is 1. The zero-order chi connectivity index (χ0) is 21.4. The lowest BCUT2D eigenvalue weighted by Gasteiger charge is -2.19. The third-order valence-corrected chi connectivity index (χ3v) is 4.08. The molecule has 1 aromatic heterocycles. The van der Waals surface area contributed by atoms with Crippen LogP contribution in [-0.4, -0.2) is 41.5 Å². The molecule has 2 aromatic rings. The first kappa shape index (κ1) is 21.6. The van der Waals surface area contributed by atoms with Crippen LogP contribution < -0.4 is 16.0 Å². The highest BCUT2D eigenvalue weighted by Crippen LogP contribution is 2.17. The molecule has 0 saturated heterocycles. The van der Waals surface area contributed by atoms with Crippen molar-refractivity contribution < 1.29 is 14.3 Å². The van der Waals surface area contributed by atoms with E-state index in [1.54, 1.807) is 38.1 Å². The number of carbonyl (C=O) groups excluding carboxylic acids is 2. The SMILES string of the molecule is CCOC(=O)CC(C)NC(=O)c1ccc(N(C)Cc2cnc(N)c(C#N)n2)cc1. The maximum atomic E-state index is 12.3. The molecule has 0 saturated carbocycles. The second kappa shape index (κ2) is 10.0. The summed E-state index contributed by atoms with van der Waals surface area (Å²) in [6.45, 7) is 4.22. The number of amides is 1. The third-order valence-electron chi connectivity index (χ3n) is 4.08. The molecule has 0 radical (unpaired) electrons. The molecule has 9 heteroatoms. The largest absolute Gasteiger partial charge is 0.466 e. The van der Waals surface area contributed by atoms with Crippen LogP contribution in [0.3, 0.4) is 0 Å². The Morgan fingerprint density at radius 3 is 2.66 bits per heavy atom. The normalized spacial score (nSPS) is 11.2. The Kier molecular flexibility index (Phi) is 7.48. The summed E-state index contributed by atoms with van der Waals surface area (Å²) in [6.07, 6.45) is 1.65. The highest BCUT2D eigenvalue weighted by molar-refractivity contribution is 5.95. The van der Waals surface area contributed by atoms with Gasteiger partial charge in [0, 0.05) is 24.3 Å². The van der Waals surface area contributed by atoms with Gasteiger partial charge in [0.1, 0.15) is 6.07 Å². The highest BCUT2D eigenvalue weighted by atomic mass is 16.5. The number of ether oxygens (including phenoxy) is 1. The average Bonchev–Trinajstić information content (AvgIpc) is 2.69. The molecule has 0 bridgehead atoms. The molecule has 0 spiro atoms. The molecule has 1 heterocycles. The van der Waals surface area contributed by atoms with Crippen molar-refractivity contribution in [1.82, 2.24) is 15.3 Å². The molecule has 2 rings (SSSR count). The van der Waals surface area contributed by atoms with Gasteiger partial charge in [0.2, 0.25) is 0 Å². The number of nitriles is 1. The van der Waals surface area contributed by atoms with E-state index in [1.807, 2.05) is 18.0 Å². The van der Waals surface area contributed by atoms with Gasteiger partial charge in [-0.25, -0.2) is 9.97 Å². The number of rotatable bonds is 8. The van der Waals surface area contributed by atoms with Gasteiger partial charge in [-0.3, -0.25) is 9.59 Å². The van der Waals surface area contributed by atoms with Gasteiger partial charge in [-0.2, -0.15) is 5.26 Å². The molecular weight excluding hydrogens is 372 g/mol. The molecule has 0 aliphatic rings. The lowest BCUT2D eigenvalue weighted by Crippen LogP contribution is -2.34. The smallest absolute Gasteiger partial charge is 0.307 e. The van der Waals surface area contributed by atoms with Crippen molar-refractivity contribution in [2.45, 2.75) is 32.9 Å². The Morgan fingerprint density at radius 1 is 1.34 bits per heavy atom. The fourth-order valence-electron chi connectivity index (χ4n) is 2.62. The van der Waals surface area contributed by atoms with E-state index in [1.165, 1.54) is 6.20 Å². The lowest BCUT2D eigenvalue weighted by atomic mass is 10.1. The van der Waals surface area contributed by atoms with Gasteiger partial charge >= 0.3 is 5.97 Å². The predicted molar refractivity (Wildman–Crippen MR) is 108 cm³/mol. The third kappa shape index (κ3) is 6.17. The first-order valence-corrected chi connectivity index (χ1v) is 9.13. The fraction of sp³-hybridized carbons (Fsp3) is 0.350. The van der Waals surface area contributed by atoms with Crippen molar-refractivity contribution in [3.05, 3.63) is 47.4 Å². The summed E-state index contributed by atoms with van der Waals surface area (Å²) in [5, 5.41) is 11.8. The summed E-state index contributed by atoms with van der Waals surface area (Å²) in [5.41, 5.74) is 7.63. The average molecular weight is 396 g/mol. The van der Waals surface area contributed by atoms with Crippen LogP contribution >= 0.6 is 0 Å². The summed E-state index contributed by atoms with van der Waals surface area (Å²) in [7, 11) is 1.86. The Bertz CT molecular complexity index is 907. The Hall–Kier alpha value is -3.67. The van der Waals surface area contributed by atoms with Gasteiger partial charge in [-0.1, -0.05) is 0 Å². The van der Waals surface area contributed by atoms with Crippen LogP contribution in [0.4, 0.5) is 11.5 Å². The molecule has 0 aliphatic carbocycles. The van der Waals surface area contributed by atoms with Gasteiger partial charge in [-0.05, 0) is 38.1 Å². The Labute approximate surface area is 169 Å². The van der Waals surface area contributed by atoms with Crippen molar-refractivity contribution in [1.29, 1.82) is 5.26 Å². The number of benzene rings is 1. The maximum Gasteiger partial charge on any atom is 0.307 e. The van der Waals surface area contributed by atoms with E-state index in [0.717, 1.165) is 5.69 Å². The summed E-state index contributed by atoms with van der Waals surface area (Å²) in [4.78, 5) is 33.9. The van der Waals surface area contributed by atoms with E-state index in [-0.39, 0.29) is 35.9 Å². The molecule has 1 unspecified atom stereocenters. The number of nitrogens with one attached hydrogen (secondary N) is 1. The predicted octanol–water partition coefficient (Wildman–Crippen LogP) is 1.64. The van der Waals surface area contributed by atoms with Crippen LogP contribution in [0.15, 0.2) is 30.5 Å². The van der Waals surface area contributed by atoms with Crippen molar-refractivity contribution in [3.8, 4) is 6.07 Å². The Balaban J connectivity index is 1.97. The van der Waals surface area contributed by atoms with Gasteiger partial charge in [0.25, 0.3) is 5.91 Å². The second-order valence-corrected chi connectivity index (χ2v) is 6.49. The topological polar surface area (TPSA) is 134 Å². The van der Waals surface area contributed by atoms with Gasteiger partial charge in [-0.15, -0.1) is 0 Å². The van der Waals surface area contributed by atoms with Crippen LogP contribution in [-0.2, 0) is 16.1 Å². The number of nitrogen functional groups attached to an aromatic ring is 1. The molecule has 1 amide bonds. The van der Waals surface area contributed by atoms with E-state index < -0.39 is 0 Å². The standard InChI is InChI=1S/C20H24N6O3/c1-4-29-18(27)9-13(2)24-20(28)14-5-7-16(8-6-14)26(3)12-15-11-23-19(22)17(10-21)25-15/h5-8,11,13H,4,9,12H2,1-3H3,(H2,22,23)(H,24,28). The summed E-state index contributed by atoms with van der Waals surface area (Å²) in [5.74, 6) is -0.506. The van der Waals surface area contributed by atoms with Crippen LogP contribution in [0.1, 0.15) is 42.0 Å². The van der Waals surface area contributed by atoms with Crippen LogP contribution in [0.2, 0.25) is 0 Å². The molecule has 152 valence electrons. The van der Waals surface area contributed by atoms with Crippen molar-refractivity contribution in [2.75, 3.05) is 24.3 Å². The van der Waals surface area contributed by atoms with Gasteiger partial charge < -0.3 is 20.7 Å². The molecule has 3 N–H and O–H groups in total. The number of aromatic nitrogens is 2. The maximum absolute atomic E-state index is 12.3. The lowest BCUT2D eigenvalue weighted by molar-refractivity contribution is -0.143. The quantitative estimate of drug-likeness (QED) is 0.643. The first-order valence-electron chi connectivity index (χ1n) is 9.13. The molecule has 1 aromatic carbocycles. The fourth-order valence-corrected chi connectivity index (χ4v) is 2.62. The number of nitrogens with zero attached hydrogens (tertiary/aromatic N) is 4. The van der Waals surface area contributed by atoms with Gasteiger partial charge in [0.05, 0.1) is 31.5 Å². The van der Waals surface area contributed by atoms with Crippen molar-refractivity contribution in [3.63, 3.8) is 0 Å². The Morgan fingerprint density at radius 2 is 2.03 bits per heavy atom. The monoisotopic (exact) mass is 396 g/mol. The number of esters is 1. The first-order chi connectivity index (χ1) is 13.8. The van der Waals surface area contributed by atoms with Crippen molar-refractivity contribution in [2.24, 2.45) is 0 Å². The molecular formula is C20H24N6O3. The van der Waals surface area contributed by atoms with E-state index in [9.17, 15) is 9.59 Å². The number of carbonyl (C=O) groups is 2. The minimum Gasteiger partial charge on any atom is -0.466 e. The molecule has 9 nitrogen and oxygen atoms in total. The molecule has 29 heavy (non-hydrogen) atoms. The zero-order valence-corrected chi connectivity index (χ0v) is 16.7. The van der Waals surface area contributed by atoms with E-state index in [4.69, 9.17) is 15.7 Å². The van der Waals surface area contributed by atoms with E-state index >= 15 is 0 Å². The second-order valence-electron chi connectivity index (χ2n) is 6.49. The minimum atomic E-state index is -0.345. The molecule has 1 atom stereocenters. The minimum absolute atomic E-state index is 0.0971. The molecule has 0 fully saturated rings. The summed E-state index contributed by atoms with van der Waals surface area (Å²) >= 11 is 0. The van der Waals surface area contributed by atoms with E-state index in [0.29, 0.717) is 24.4 Å². The van der Waals surface area contributed by atoms with Crippen molar-refractivity contribution >= 4 is 23.4 Å². The van der Waals surface area contributed by atoms with Gasteiger partial charge in [0.15, 0.2) is 11.5 Å². The van der Waals surface area contributed by atoms with Crippen LogP contribution in [0, 0.1) is 11.3 Å². The summed E-state index contributed by atoms with van der Waals surface area (Å²) < 4.78 is 4.88. The number of hydrogen-bond donors (Lipinski definition) is 2. The number of hydrogen-bond acceptors (Lipinski definition) is 8. The van der Waals surface area contributed by atoms with E-state index in [2.05, 4.69) is 15.3 Å². The highest BCUT2D eigenvalue weighted by Gasteiger charge is 2.14. The zero-order valence-electron chi connectivity index (χ0n) is 16.7. The van der Waals surface area contributed by atoms with Crippen LogP contribution in [0.5, 0.6) is 0 Å². The van der Waals surface area contributed by atoms with Crippen LogP contribution in [0.25, 0.3) is 0 Å². The molecule has 0 aliphatic heterocycles.